The fraction of sp³-hybridized carbons (Fsp3) is 0.417. The monoisotopic (exact) mass is 441 g/mol. The van der Waals surface area contributed by atoms with Crippen LogP contribution in [0.4, 0.5) is 8.78 Å². The van der Waals surface area contributed by atoms with Gasteiger partial charge in [-0.1, -0.05) is 18.2 Å². The molecule has 2 atom stereocenters. The van der Waals surface area contributed by atoms with Gasteiger partial charge in [0.25, 0.3) is 17.4 Å². The predicted octanol–water partition coefficient (Wildman–Crippen LogP) is 3.24. The van der Waals surface area contributed by atoms with E-state index >= 15 is 8.78 Å². The number of amides is 1. The Morgan fingerprint density at radius 1 is 1.16 bits per heavy atom. The number of rotatable bonds is 3. The van der Waals surface area contributed by atoms with E-state index in [0.717, 1.165) is 5.56 Å². The number of halogens is 2. The summed E-state index contributed by atoms with van der Waals surface area (Å²) in [5.41, 5.74) is 0.730. The molecule has 3 heterocycles. The van der Waals surface area contributed by atoms with Crippen LogP contribution >= 0.6 is 0 Å². The molecular formula is C24H25F2N3O3. The van der Waals surface area contributed by atoms with Crippen LogP contribution in [0, 0.1) is 12.8 Å². The summed E-state index contributed by atoms with van der Waals surface area (Å²) in [7, 11) is 4.90. The van der Waals surface area contributed by atoms with E-state index in [1.165, 1.54) is 16.6 Å². The van der Waals surface area contributed by atoms with Crippen LogP contribution in [0.2, 0.25) is 0 Å². The van der Waals surface area contributed by atoms with E-state index in [4.69, 9.17) is 4.74 Å². The summed E-state index contributed by atoms with van der Waals surface area (Å²) in [6, 6.07) is 6.89. The van der Waals surface area contributed by atoms with Gasteiger partial charge in [-0.25, -0.2) is 8.78 Å². The van der Waals surface area contributed by atoms with Crippen LogP contribution in [-0.4, -0.2) is 46.1 Å². The number of carbonyl (C=O) groups is 1. The Morgan fingerprint density at radius 3 is 2.56 bits per heavy atom. The third kappa shape index (κ3) is 2.49. The molecule has 1 aromatic carbocycles. The van der Waals surface area contributed by atoms with Gasteiger partial charge in [0.1, 0.15) is 5.75 Å². The Labute approximate surface area is 184 Å². The van der Waals surface area contributed by atoms with Gasteiger partial charge in [0.05, 0.1) is 34.9 Å². The highest BCUT2D eigenvalue weighted by Crippen LogP contribution is 2.71. The quantitative estimate of drug-likeness (QED) is 0.627. The number of fused-ring (bicyclic) bond motifs is 2. The first kappa shape index (κ1) is 20.7. The zero-order chi connectivity index (χ0) is 23.0. The average molecular weight is 441 g/mol. The smallest absolute Gasteiger partial charge is 0.263 e. The Balaban J connectivity index is 1.52. The summed E-state index contributed by atoms with van der Waals surface area (Å²) in [6.45, 7) is 2.00. The maximum atomic E-state index is 15.2. The highest BCUT2D eigenvalue weighted by molar-refractivity contribution is 6.07. The number of likely N-dealkylation sites (tertiary alicyclic amines) is 1. The van der Waals surface area contributed by atoms with Crippen LogP contribution in [0.15, 0.2) is 41.5 Å². The van der Waals surface area contributed by atoms with Crippen molar-refractivity contribution >= 4 is 16.8 Å². The van der Waals surface area contributed by atoms with Crippen molar-refractivity contribution in [3.05, 3.63) is 63.7 Å². The van der Waals surface area contributed by atoms with Gasteiger partial charge in [-0.3, -0.25) is 9.59 Å². The molecule has 6 nitrogen and oxygen atoms in total. The third-order valence-electron chi connectivity index (χ3n) is 7.30. The fourth-order valence-electron chi connectivity index (χ4n) is 5.70. The SMILES string of the molecule is COc1ccccc1C12CCN(C(=O)c3cn(C)c4c(C)cn(C)c(=O)c34)CC1C2(F)F. The van der Waals surface area contributed by atoms with Gasteiger partial charge in [0.15, 0.2) is 0 Å². The first-order valence-corrected chi connectivity index (χ1v) is 10.6. The van der Waals surface area contributed by atoms with Crippen LogP contribution < -0.4 is 10.3 Å². The lowest BCUT2D eigenvalue weighted by molar-refractivity contribution is 0.0691. The molecule has 2 aromatic heterocycles. The maximum absolute atomic E-state index is 15.2. The van der Waals surface area contributed by atoms with Gasteiger partial charge in [-0.15, -0.1) is 0 Å². The molecule has 2 unspecified atom stereocenters. The number of nitrogens with zero attached hydrogens (tertiary/aromatic N) is 3. The Morgan fingerprint density at radius 2 is 1.88 bits per heavy atom. The van der Waals surface area contributed by atoms with Gasteiger partial charge >= 0.3 is 0 Å². The lowest BCUT2D eigenvalue weighted by atomic mass is 9.86. The minimum atomic E-state index is -2.93. The zero-order valence-corrected chi connectivity index (χ0v) is 18.5. The molecule has 1 saturated carbocycles. The molecular weight excluding hydrogens is 416 g/mol. The number of aryl methyl sites for hydroxylation is 3. The number of carbonyl (C=O) groups excluding carboxylic acids is 1. The minimum absolute atomic E-state index is 0.0631. The number of ether oxygens (including phenoxy) is 1. The van der Waals surface area contributed by atoms with Gasteiger partial charge < -0.3 is 18.8 Å². The van der Waals surface area contributed by atoms with E-state index in [2.05, 4.69) is 0 Å². The van der Waals surface area contributed by atoms with E-state index in [1.54, 1.807) is 55.3 Å². The molecule has 0 radical (unpaired) electrons. The first-order valence-electron chi connectivity index (χ1n) is 10.6. The van der Waals surface area contributed by atoms with E-state index in [-0.39, 0.29) is 36.5 Å². The first-order chi connectivity index (χ1) is 15.1. The van der Waals surface area contributed by atoms with Crippen molar-refractivity contribution in [2.24, 2.45) is 20.0 Å². The number of aromatic nitrogens is 2. The van der Waals surface area contributed by atoms with Gasteiger partial charge in [0, 0.05) is 45.1 Å². The van der Waals surface area contributed by atoms with Crippen LogP contribution in [-0.2, 0) is 19.5 Å². The van der Waals surface area contributed by atoms with Crippen molar-refractivity contribution in [1.82, 2.24) is 14.0 Å². The number of hydrogen-bond acceptors (Lipinski definition) is 3. The molecule has 1 amide bonds. The molecule has 32 heavy (non-hydrogen) atoms. The number of para-hydroxylation sites is 1. The Kier molecular flexibility index (Phi) is 4.32. The Hall–Kier alpha value is -3.16. The van der Waals surface area contributed by atoms with Crippen LogP contribution in [0.5, 0.6) is 5.75 Å². The molecule has 5 rings (SSSR count). The van der Waals surface area contributed by atoms with Crippen molar-refractivity contribution in [1.29, 1.82) is 0 Å². The van der Waals surface area contributed by atoms with Crippen molar-refractivity contribution in [3.8, 4) is 5.75 Å². The Bertz CT molecular complexity index is 1330. The largest absolute Gasteiger partial charge is 0.496 e. The van der Waals surface area contributed by atoms with Crippen molar-refractivity contribution in [2.45, 2.75) is 24.7 Å². The second-order valence-electron chi connectivity index (χ2n) is 8.95. The molecule has 1 saturated heterocycles. The summed E-state index contributed by atoms with van der Waals surface area (Å²) in [5.74, 6) is -3.84. The lowest BCUT2D eigenvalue weighted by Crippen LogP contribution is -2.40. The normalized spacial score (nSPS) is 23.8. The van der Waals surface area contributed by atoms with Crippen LogP contribution in [0.3, 0.4) is 0 Å². The van der Waals surface area contributed by atoms with Crippen molar-refractivity contribution in [2.75, 3.05) is 20.2 Å². The maximum Gasteiger partial charge on any atom is 0.263 e. The summed E-state index contributed by atoms with van der Waals surface area (Å²) >= 11 is 0. The molecule has 0 spiro atoms. The number of methoxy groups -OCH3 is 1. The molecule has 1 aliphatic heterocycles. The number of piperidine rings is 1. The predicted molar refractivity (Wildman–Crippen MR) is 117 cm³/mol. The highest BCUT2D eigenvalue weighted by atomic mass is 19.3. The number of hydrogen-bond donors (Lipinski definition) is 0. The van der Waals surface area contributed by atoms with E-state index in [1.807, 2.05) is 6.92 Å². The molecule has 2 fully saturated rings. The molecule has 3 aromatic rings. The molecule has 168 valence electrons. The topological polar surface area (TPSA) is 56.5 Å². The lowest BCUT2D eigenvalue weighted by Gasteiger charge is -2.31. The molecule has 8 heteroatoms. The summed E-state index contributed by atoms with van der Waals surface area (Å²) in [5, 5.41) is 0.337. The minimum Gasteiger partial charge on any atom is -0.496 e. The summed E-state index contributed by atoms with van der Waals surface area (Å²) < 4.78 is 38.9. The molecule has 0 bridgehead atoms. The summed E-state index contributed by atoms with van der Waals surface area (Å²) in [4.78, 5) is 27.7. The zero-order valence-electron chi connectivity index (χ0n) is 18.5. The van der Waals surface area contributed by atoms with Gasteiger partial charge in [-0.2, -0.15) is 0 Å². The van der Waals surface area contributed by atoms with Crippen molar-refractivity contribution in [3.63, 3.8) is 0 Å². The van der Waals surface area contributed by atoms with Gasteiger partial charge in [-0.05, 0) is 25.0 Å². The second kappa shape index (κ2) is 6.67. The molecule has 2 aliphatic rings. The average Bonchev–Trinajstić information content (AvgIpc) is 3.07. The highest BCUT2D eigenvalue weighted by Gasteiger charge is 2.82. The van der Waals surface area contributed by atoms with E-state index in [0.29, 0.717) is 22.2 Å². The number of pyridine rings is 1. The standard InChI is InChI=1S/C24H25F2N3O3/c1-14-11-28(3)22(31)19-15(12-27(2)20(14)19)21(30)29-10-9-23(18(13-29)24(23,25)26)16-7-5-6-8-17(16)32-4/h5-8,11-12,18H,9-10,13H2,1-4H3. The molecule has 1 aliphatic carbocycles. The number of alkyl halides is 2. The fourth-order valence-corrected chi connectivity index (χ4v) is 5.70. The summed E-state index contributed by atoms with van der Waals surface area (Å²) in [6.07, 6.45) is 3.50. The number of benzene rings is 1. The van der Waals surface area contributed by atoms with Crippen molar-refractivity contribution < 1.29 is 18.3 Å². The third-order valence-corrected chi connectivity index (χ3v) is 7.30. The van der Waals surface area contributed by atoms with Crippen LogP contribution in [0.1, 0.15) is 27.9 Å². The molecule has 0 N–H and O–H groups in total. The van der Waals surface area contributed by atoms with Crippen LogP contribution in [0.25, 0.3) is 10.9 Å². The van der Waals surface area contributed by atoms with E-state index < -0.39 is 17.3 Å². The van der Waals surface area contributed by atoms with E-state index in [9.17, 15) is 9.59 Å². The second-order valence-corrected chi connectivity index (χ2v) is 8.95. The van der Waals surface area contributed by atoms with Gasteiger partial charge in [0.2, 0.25) is 0 Å².